The Labute approximate surface area is 204 Å². The Balaban J connectivity index is 1.24. The fraction of sp³-hybridized carbons (Fsp3) is 0.154. The molecule has 5 aromatic rings. The number of thiazole rings is 1. The van der Waals surface area contributed by atoms with Crippen LogP contribution >= 0.6 is 22.7 Å². The maximum Gasteiger partial charge on any atom is 0.262 e. The van der Waals surface area contributed by atoms with Crippen LogP contribution in [-0.2, 0) is 17.9 Å². The van der Waals surface area contributed by atoms with Crippen LogP contribution in [0.2, 0.25) is 0 Å². The molecule has 6 nitrogen and oxygen atoms in total. The van der Waals surface area contributed by atoms with E-state index in [1.807, 2.05) is 72.3 Å². The zero-order valence-corrected chi connectivity index (χ0v) is 20.2. The molecule has 0 aliphatic heterocycles. The molecule has 3 aromatic heterocycles. The molecule has 0 fully saturated rings. The van der Waals surface area contributed by atoms with Crippen LogP contribution in [0.15, 0.2) is 76.5 Å². The normalized spacial score (nSPS) is 11.1. The Morgan fingerprint density at radius 2 is 1.79 bits per heavy atom. The predicted octanol–water partition coefficient (Wildman–Crippen LogP) is 5.26. The van der Waals surface area contributed by atoms with Gasteiger partial charge in [-0.25, -0.2) is 9.97 Å². The van der Waals surface area contributed by atoms with E-state index >= 15 is 0 Å². The molecule has 0 radical (unpaired) electrons. The second kappa shape index (κ2) is 9.70. The van der Waals surface area contributed by atoms with Crippen LogP contribution in [0.4, 0.5) is 0 Å². The minimum Gasteiger partial charge on any atom is -0.350 e. The van der Waals surface area contributed by atoms with Gasteiger partial charge in [-0.1, -0.05) is 60.2 Å². The first-order valence-electron chi connectivity index (χ1n) is 10.9. The average molecular weight is 487 g/mol. The highest BCUT2D eigenvalue weighted by atomic mass is 32.1. The number of nitrogens with one attached hydrogen (secondary N) is 1. The number of amides is 1. The number of hydrogen-bond donors (Lipinski definition) is 1. The van der Waals surface area contributed by atoms with Gasteiger partial charge in [-0.3, -0.25) is 14.2 Å². The fourth-order valence-corrected chi connectivity index (χ4v) is 5.41. The maximum absolute atomic E-state index is 13.2. The highest BCUT2D eigenvalue weighted by Crippen LogP contribution is 2.30. The van der Waals surface area contributed by atoms with Gasteiger partial charge < -0.3 is 5.32 Å². The lowest BCUT2D eigenvalue weighted by molar-refractivity contribution is -0.121. The average Bonchev–Trinajstić information content (AvgIpc) is 3.51. The Morgan fingerprint density at radius 1 is 1.00 bits per heavy atom. The van der Waals surface area contributed by atoms with Gasteiger partial charge >= 0.3 is 0 Å². The number of aromatic nitrogens is 3. The van der Waals surface area contributed by atoms with Gasteiger partial charge in [0.15, 0.2) is 0 Å². The van der Waals surface area contributed by atoms with E-state index in [4.69, 9.17) is 0 Å². The lowest BCUT2D eigenvalue weighted by atomic mass is 10.1. The van der Waals surface area contributed by atoms with Crippen LogP contribution < -0.4 is 10.9 Å². The van der Waals surface area contributed by atoms with Gasteiger partial charge in [0.2, 0.25) is 5.91 Å². The summed E-state index contributed by atoms with van der Waals surface area (Å²) < 4.78 is 1.52. The third-order valence-corrected chi connectivity index (χ3v) is 7.37. The summed E-state index contributed by atoms with van der Waals surface area (Å²) in [5, 5.41) is 8.35. The number of hydrogen-bond acceptors (Lipinski definition) is 6. The lowest BCUT2D eigenvalue weighted by Gasteiger charge is -2.07. The molecule has 0 atom stereocenters. The highest BCUT2D eigenvalue weighted by Gasteiger charge is 2.14. The zero-order valence-electron chi connectivity index (χ0n) is 18.5. The van der Waals surface area contributed by atoms with E-state index in [-0.39, 0.29) is 24.4 Å². The number of thiophene rings is 1. The van der Waals surface area contributed by atoms with Gasteiger partial charge in [0.1, 0.15) is 9.84 Å². The lowest BCUT2D eigenvalue weighted by Crippen LogP contribution is -2.27. The minimum atomic E-state index is -0.134. The SMILES string of the molecule is Cc1ccc(-c2csc3ncn(CCC(=O)NCc4csc(-c5ccccc5)n4)c(=O)c23)cc1. The monoisotopic (exact) mass is 486 g/mol. The summed E-state index contributed by atoms with van der Waals surface area (Å²) in [5.41, 5.74) is 4.79. The van der Waals surface area contributed by atoms with Crippen LogP contribution in [0.25, 0.3) is 31.9 Å². The molecule has 0 saturated carbocycles. The molecular formula is C26H22N4O2S2. The van der Waals surface area contributed by atoms with Crippen molar-refractivity contribution in [3.8, 4) is 21.7 Å². The molecule has 0 bridgehead atoms. The number of carbonyl (C=O) groups excluding carboxylic acids is 1. The first-order chi connectivity index (χ1) is 16.6. The summed E-state index contributed by atoms with van der Waals surface area (Å²) in [6.07, 6.45) is 1.71. The van der Waals surface area contributed by atoms with Gasteiger partial charge in [-0.05, 0) is 12.5 Å². The van der Waals surface area contributed by atoms with E-state index in [0.717, 1.165) is 27.4 Å². The van der Waals surface area contributed by atoms with Gasteiger partial charge in [0.05, 0.1) is 24.0 Å². The molecule has 1 amide bonds. The first kappa shape index (κ1) is 22.2. The third kappa shape index (κ3) is 4.69. The van der Waals surface area contributed by atoms with Crippen molar-refractivity contribution in [1.29, 1.82) is 0 Å². The van der Waals surface area contributed by atoms with E-state index in [0.29, 0.717) is 16.8 Å². The van der Waals surface area contributed by atoms with E-state index in [1.54, 1.807) is 11.3 Å². The molecule has 170 valence electrons. The first-order valence-corrected chi connectivity index (χ1v) is 12.6. The van der Waals surface area contributed by atoms with Gasteiger partial charge in [0.25, 0.3) is 5.56 Å². The van der Waals surface area contributed by atoms with Crippen molar-refractivity contribution in [3.05, 3.63) is 93.3 Å². The fourth-order valence-electron chi connectivity index (χ4n) is 3.67. The van der Waals surface area contributed by atoms with Crippen molar-refractivity contribution in [2.45, 2.75) is 26.4 Å². The van der Waals surface area contributed by atoms with Crippen molar-refractivity contribution in [3.63, 3.8) is 0 Å². The Morgan fingerprint density at radius 3 is 2.59 bits per heavy atom. The molecule has 34 heavy (non-hydrogen) atoms. The molecule has 0 spiro atoms. The quantitative estimate of drug-likeness (QED) is 0.340. The Bertz CT molecular complexity index is 1500. The summed E-state index contributed by atoms with van der Waals surface area (Å²) >= 11 is 3.01. The molecule has 2 aromatic carbocycles. The summed E-state index contributed by atoms with van der Waals surface area (Å²) in [4.78, 5) is 35.4. The topological polar surface area (TPSA) is 76.9 Å². The zero-order chi connectivity index (χ0) is 23.5. The summed E-state index contributed by atoms with van der Waals surface area (Å²) in [7, 11) is 0. The number of nitrogens with zero attached hydrogens (tertiary/aromatic N) is 3. The number of rotatable bonds is 7. The molecule has 1 N–H and O–H groups in total. The molecule has 3 heterocycles. The van der Waals surface area contributed by atoms with E-state index in [2.05, 4.69) is 15.3 Å². The van der Waals surface area contributed by atoms with Crippen molar-refractivity contribution in [2.24, 2.45) is 0 Å². The Hall–Kier alpha value is -3.62. The van der Waals surface area contributed by atoms with Crippen molar-refractivity contribution >= 4 is 38.8 Å². The second-order valence-electron chi connectivity index (χ2n) is 7.98. The summed E-state index contributed by atoms with van der Waals surface area (Å²) in [5.74, 6) is -0.134. The van der Waals surface area contributed by atoms with Crippen LogP contribution in [-0.4, -0.2) is 20.4 Å². The van der Waals surface area contributed by atoms with E-state index < -0.39 is 0 Å². The molecule has 5 rings (SSSR count). The third-order valence-electron chi connectivity index (χ3n) is 5.54. The largest absolute Gasteiger partial charge is 0.350 e. The van der Waals surface area contributed by atoms with Crippen molar-refractivity contribution < 1.29 is 4.79 Å². The molecule has 8 heteroatoms. The molecule has 0 saturated heterocycles. The van der Waals surface area contributed by atoms with Crippen LogP contribution in [0.1, 0.15) is 17.7 Å². The van der Waals surface area contributed by atoms with Gasteiger partial charge in [-0.15, -0.1) is 22.7 Å². The minimum absolute atomic E-state index is 0.123. The van der Waals surface area contributed by atoms with E-state index in [9.17, 15) is 9.59 Å². The Kier molecular flexibility index (Phi) is 6.33. The van der Waals surface area contributed by atoms with Crippen LogP contribution in [0.5, 0.6) is 0 Å². The van der Waals surface area contributed by atoms with E-state index in [1.165, 1.54) is 27.8 Å². The number of aryl methyl sites for hydroxylation is 2. The standard InChI is InChI=1S/C26H22N4O2S2/c1-17-7-9-18(10-8-17)21-15-34-25-23(21)26(32)30(16-28-25)12-11-22(31)27-13-20-14-33-24(29-20)19-5-3-2-4-6-19/h2-10,14-16H,11-13H2,1H3,(H,27,31). The predicted molar refractivity (Wildman–Crippen MR) is 138 cm³/mol. The number of carbonyl (C=O) groups is 1. The number of benzene rings is 2. The summed E-state index contributed by atoms with van der Waals surface area (Å²) in [6.45, 7) is 2.66. The highest BCUT2D eigenvalue weighted by molar-refractivity contribution is 7.17. The van der Waals surface area contributed by atoms with Crippen LogP contribution in [0.3, 0.4) is 0 Å². The van der Waals surface area contributed by atoms with Crippen molar-refractivity contribution in [2.75, 3.05) is 0 Å². The molecule has 0 aliphatic rings. The maximum atomic E-state index is 13.2. The summed E-state index contributed by atoms with van der Waals surface area (Å²) in [6, 6.07) is 18.1. The van der Waals surface area contributed by atoms with Gasteiger partial charge in [0, 0.05) is 34.9 Å². The molecular weight excluding hydrogens is 464 g/mol. The molecule has 0 unspecified atom stereocenters. The molecule has 0 aliphatic carbocycles. The second-order valence-corrected chi connectivity index (χ2v) is 9.69. The smallest absolute Gasteiger partial charge is 0.262 e. The van der Waals surface area contributed by atoms with Gasteiger partial charge in [-0.2, -0.15) is 0 Å². The number of fused-ring (bicyclic) bond motifs is 1. The van der Waals surface area contributed by atoms with Crippen molar-refractivity contribution in [1.82, 2.24) is 19.9 Å². The van der Waals surface area contributed by atoms with Crippen LogP contribution in [0, 0.1) is 6.92 Å².